The normalized spacial score (nSPS) is 21.2. The van der Waals surface area contributed by atoms with Gasteiger partial charge in [-0.25, -0.2) is 0 Å². The highest BCUT2D eigenvalue weighted by Gasteiger charge is 2.22. The zero-order valence-corrected chi connectivity index (χ0v) is 13.0. The molecule has 1 rings (SSSR count). The van der Waals surface area contributed by atoms with Crippen molar-refractivity contribution >= 4 is 0 Å². The fourth-order valence-electron chi connectivity index (χ4n) is 3.14. The number of nitrogens with one attached hydrogen (secondary N) is 1. The van der Waals surface area contributed by atoms with Crippen LogP contribution in [-0.4, -0.2) is 37.1 Å². The van der Waals surface area contributed by atoms with Gasteiger partial charge in [0.05, 0.1) is 0 Å². The third-order valence-corrected chi connectivity index (χ3v) is 4.72. The Labute approximate surface area is 115 Å². The summed E-state index contributed by atoms with van der Waals surface area (Å²) in [6.07, 6.45) is 6.75. The average Bonchev–Trinajstić information content (AvgIpc) is 2.43. The van der Waals surface area contributed by atoms with Gasteiger partial charge in [-0.2, -0.15) is 0 Å². The second-order valence-electron chi connectivity index (χ2n) is 6.09. The fourth-order valence-corrected chi connectivity index (χ4v) is 3.14. The quantitative estimate of drug-likeness (QED) is 0.713. The van der Waals surface area contributed by atoms with E-state index in [2.05, 4.69) is 37.9 Å². The molecule has 1 saturated heterocycles. The minimum Gasteiger partial charge on any atom is -0.317 e. The van der Waals surface area contributed by atoms with Crippen molar-refractivity contribution in [2.75, 3.05) is 26.2 Å². The first-order valence-electron chi connectivity index (χ1n) is 8.15. The molecule has 2 heteroatoms. The molecule has 1 aliphatic heterocycles. The lowest BCUT2D eigenvalue weighted by atomic mass is 9.93. The van der Waals surface area contributed by atoms with Crippen LogP contribution < -0.4 is 5.32 Å². The Hall–Kier alpha value is -0.0800. The standard InChI is InChI=1S/C16H34N2/c1-5-14(4)12-16(6-2)18(7-3)13-15-8-10-17-11-9-15/h14-17H,5-13H2,1-4H3. The zero-order chi connectivity index (χ0) is 13.4. The molecule has 1 N–H and O–H groups in total. The Balaban J connectivity index is 2.44. The molecular weight excluding hydrogens is 220 g/mol. The van der Waals surface area contributed by atoms with Crippen LogP contribution in [0.2, 0.25) is 0 Å². The van der Waals surface area contributed by atoms with Crippen LogP contribution in [-0.2, 0) is 0 Å². The molecule has 2 unspecified atom stereocenters. The van der Waals surface area contributed by atoms with Crippen molar-refractivity contribution < 1.29 is 0 Å². The van der Waals surface area contributed by atoms with E-state index < -0.39 is 0 Å². The van der Waals surface area contributed by atoms with Gasteiger partial charge in [0.2, 0.25) is 0 Å². The van der Waals surface area contributed by atoms with Gasteiger partial charge in [-0.1, -0.05) is 34.1 Å². The van der Waals surface area contributed by atoms with E-state index in [0.29, 0.717) is 0 Å². The number of rotatable bonds is 8. The van der Waals surface area contributed by atoms with Gasteiger partial charge in [-0.15, -0.1) is 0 Å². The highest BCUT2D eigenvalue weighted by atomic mass is 15.2. The van der Waals surface area contributed by atoms with Crippen molar-refractivity contribution in [3.63, 3.8) is 0 Å². The van der Waals surface area contributed by atoms with E-state index in [1.165, 1.54) is 58.3 Å². The van der Waals surface area contributed by atoms with Crippen molar-refractivity contribution in [1.29, 1.82) is 0 Å². The van der Waals surface area contributed by atoms with E-state index >= 15 is 0 Å². The summed E-state index contributed by atoms with van der Waals surface area (Å²) < 4.78 is 0. The molecule has 2 nitrogen and oxygen atoms in total. The van der Waals surface area contributed by atoms with Crippen molar-refractivity contribution in [3.05, 3.63) is 0 Å². The fraction of sp³-hybridized carbons (Fsp3) is 1.00. The van der Waals surface area contributed by atoms with Crippen molar-refractivity contribution in [3.8, 4) is 0 Å². The summed E-state index contributed by atoms with van der Waals surface area (Å²) in [7, 11) is 0. The van der Waals surface area contributed by atoms with Gasteiger partial charge in [0.25, 0.3) is 0 Å². The highest BCUT2D eigenvalue weighted by molar-refractivity contribution is 4.77. The lowest BCUT2D eigenvalue weighted by molar-refractivity contribution is 0.136. The Morgan fingerprint density at radius 1 is 1.11 bits per heavy atom. The van der Waals surface area contributed by atoms with E-state index in [1.54, 1.807) is 0 Å². The van der Waals surface area contributed by atoms with Crippen LogP contribution in [0, 0.1) is 11.8 Å². The van der Waals surface area contributed by atoms with Crippen LogP contribution in [0.25, 0.3) is 0 Å². The van der Waals surface area contributed by atoms with E-state index in [4.69, 9.17) is 0 Å². The van der Waals surface area contributed by atoms with Crippen LogP contribution in [0.1, 0.15) is 59.8 Å². The number of hydrogen-bond donors (Lipinski definition) is 1. The van der Waals surface area contributed by atoms with Crippen molar-refractivity contribution in [1.82, 2.24) is 10.2 Å². The predicted octanol–water partition coefficient (Wildman–Crippen LogP) is 3.52. The third-order valence-electron chi connectivity index (χ3n) is 4.72. The first kappa shape index (κ1) is 16.0. The molecule has 108 valence electrons. The molecule has 2 atom stereocenters. The largest absolute Gasteiger partial charge is 0.317 e. The maximum Gasteiger partial charge on any atom is 0.00951 e. The van der Waals surface area contributed by atoms with Crippen molar-refractivity contribution in [2.24, 2.45) is 11.8 Å². The van der Waals surface area contributed by atoms with Crippen molar-refractivity contribution in [2.45, 2.75) is 65.8 Å². The summed E-state index contributed by atoms with van der Waals surface area (Å²) >= 11 is 0. The molecule has 0 amide bonds. The maximum atomic E-state index is 3.47. The molecule has 0 saturated carbocycles. The molecule has 0 spiro atoms. The molecule has 0 aromatic carbocycles. The summed E-state index contributed by atoms with van der Waals surface area (Å²) in [6.45, 7) is 14.4. The smallest absolute Gasteiger partial charge is 0.00951 e. The van der Waals surface area contributed by atoms with E-state index in [9.17, 15) is 0 Å². The number of piperidine rings is 1. The monoisotopic (exact) mass is 254 g/mol. The summed E-state index contributed by atoms with van der Waals surface area (Å²) in [5.41, 5.74) is 0. The molecule has 1 heterocycles. The molecule has 0 radical (unpaired) electrons. The van der Waals surface area contributed by atoms with Crippen LogP contribution in [0.15, 0.2) is 0 Å². The SMILES string of the molecule is CCC(C)CC(CC)N(CC)CC1CCNCC1. The lowest BCUT2D eigenvalue weighted by Gasteiger charge is -2.36. The minimum absolute atomic E-state index is 0.805. The molecular formula is C16H34N2. The average molecular weight is 254 g/mol. The van der Waals surface area contributed by atoms with Gasteiger partial charge < -0.3 is 10.2 Å². The predicted molar refractivity (Wildman–Crippen MR) is 81.0 cm³/mol. The van der Waals surface area contributed by atoms with Gasteiger partial charge in [0.15, 0.2) is 0 Å². The first-order valence-corrected chi connectivity index (χ1v) is 8.15. The molecule has 18 heavy (non-hydrogen) atoms. The molecule has 1 aliphatic rings. The maximum absolute atomic E-state index is 3.47. The minimum atomic E-state index is 0.805. The Morgan fingerprint density at radius 2 is 1.78 bits per heavy atom. The molecule has 1 fully saturated rings. The van der Waals surface area contributed by atoms with Gasteiger partial charge >= 0.3 is 0 Å². The summed E-state index contributed by atoms with van der Waals surface area (Å²) in [5.74, 6) is 1.80. The third kappa shape index (κ3) is 5.27. The van der Waals surface area contributed by atoms with Crippen LogP contribution >= 0.6 is 0 Å². The van der Waals surface area contributed by atoms with E-state index in [-0.39, 0.29) is 0 Å². The van der Waals surface area contributed by atoms with E-state index in [0.717, 1.165) is 17.9 Å². The van der Waals surface area contributed by atoms with Gasteiger partial charge in [0.1, 0.15) is 0 Å². The molecule has 0 aliphatic carbocycles. The molecule has 0 aromatic heterocycles. The molecule has 0 aromatic rings. The van der Waals surface area contributed by atoms with E-state index in [1.807, 2.05) is 0 Å². The zero-order valence-electron chi connectivity index (χ0n) is 13.0. The second kappa shape index (κ2) is 8.92. The van der Waals surface area contributed by atoms with Gasteiger partial charge in [0, 0.05) is 12.6 Å². The van der Waals surface area contributed by atoms with Crippen LogP contribution in [0.4, 0.5) is 0 Å². The first-order chi connectivity index (χ1) is 8.71. The summed E-state index contributed by atoms with van der Waals surface area (Å²) in [4.78, 5) is 2.75. The summed E-state index contributed by atoms with van der Waals surface area (Å²) in [5, 5.41) is 3.47. The Kier molecular flexibility index (Phi) is 7.92. The summed E-state index contributed by atoms with van der Waals surface area (Å²) in [6, 6.07) is 0.805. The lowest BCUT2D eigenvalue weighted by Crippen LogP contribution is -2.42. The Bertz CT molecular complexity index is 199. The topological polar surface area (TPSA) is 15.3 Å². The number of nitrogens with zero attached hydrogens (tertiary/aromatic N) is 1. The second-order valence-corrected chi connectivity index (χ2v) is 6.09. The number of hydrogen-bond acceptors (Lipinski definition) is 2. The molecule has 0 bridgehead atoms. The van der Waals surface area contributed by atoms with Crippen LogP contribution in [0.3, 0.4) is 0 Å². The highest BCUT2D eigenvalue weighted by Crippen LogP contribution is 2.21. The van der Waals surface area contributed by atoms with Crippen LogP contribution in [0.5, 0.6) is 0 Å². The van der Waals surface area contributed by atoms with Gasteiger partial charge in [-0.05, 0) is 57.2 Å². The van der Waals surface area contributed by atoms with Gasteiger partial charge in [-0.3, -0.25) is 0 Å². The Morgan fingerprint density at radius 3 is 2.28 bits per heavy atom.